The monoisotopic (exact) mass is 534 g/mol. The smallest absolute Gasteiger partial charge is 0.416 e. The van der Waals surface area contributed by atoms with Crippen molar-refractivity contribution in [1.82, 2.24) is 0 Å². The van der Waals surface area contributed by atoms with Gasteiger partial charge in [0.05, 0.1) is 34.1 Å². The van der Waals surface area contributed by atoms with E-state index >= 15 is 0 Å². The molecule has 1 N–H and O–H groups in total. The second kappa shape index (κ2) is 8.95. The number of anilines is 2. The number of halogens is 5. The van der Waals surface area contributed by atoms with Gasteiger partial charge in [0.1, 0.15) is 5.75 Å². The quantitative estimate of drug-likeness (QED) is 0.487. The fraction of sp³-hybridized carbons (Fsp3) is 0.350. The van der Waals surface area contributed by atoms with Crippen molar-refractivity contribution in [2.75, 3.05) is 30.4 Å². The number of nitrogens with one attached hydrogen (secondary N) is 1. The SMILES string of the molecule is COc1c(Br)cc(Br)cc1C(=O)Nc1cc(C(F)(F)F)ccc1N1CCCCC1. The maximum atomic E-state index is 13.3. The van der Waals surface area contributed by atoms with Crippen LogP contribution in [0.1, 0.15) is 35.2 Å². The molecule has 9 heteroatoms. The molecule has 1 aliphatic heterocycles. The van der Waals surface area contributed by atoms with E-state index in [1.54, 1.807) is 12.1 Å². The van der Waals surface area contributed by atoms with Gasteiger partial charge in [0.2, 0.25) is 0 Å². The van der Waals surface area contributed by atoms with Gasteiger partial charge in [0, 0.05) is 17.6 Å². The molecule has 0 saturated carbocycles. The largest absolute Gasteiger partial charge is 0.495 e. The molecule has 0 aromatic heterocycles. The van der Waals surface area contributed by atoms with Crippen LogP contribution < -0.4 is 15.0 Å². The highest BCUT2D eigenvalue weighted by Gasteiger charge is 2.32. The molecule has 1 amide bonds. The number of nitrogens with zero attached hydrogens (tertiary/aromatic N) is 1. The highest BCUT2D eigenvalue weighted by atomic mass is 79.9. The van der Waals surface area contributed by atoms with E-state index in [0.717, 1.165) is 44.5 Å². The van der Waals surface area contributed by atoms with Crippen LogP contribution in [0.2, 0.25) is 0 Å². The Morgan fingerprint density at radius 3 is 2.41 bits per heavy atom. The number of carbonyl (C=O) groups excluding carboxylic acids is 1. The zero-order valence-corrected chi connectivity index (χ0v) is 18.7. The third-order valence-electron chi connectivity index (χ3n) is 4.73. The van der Waals surface area contributed by atoms with Gasteiger partial charge in [-0.05, 0) is 65.5 Å². The van der Waals surface area contributed by atoms with Crippen LogP contribution in [-0.4, -0.2) is 26.1 Å². The van der Waals surface area contributed by atoms with Gasteiger partial charge in [-0.2, -0.15) is 13.2 Å². The van der Waals surface area contributed by atoms with Crippen LogP contribution in [0.5, 0.6) is 5.75 Å². The van der Waals surface area contributed by atoms with Gasteiger partial charge in [0.15, 0.2) is 0 Å². The molecule has 0 spiro atoms. The van der Waals surface area contributed by atoms with Crippen LogP contribution in [0.4, 0.5) is 24.5 Å². The number of benzene rings is 2. The highest BCUT2D eigenvalue weighted by Crippen LogP contribution is 2.38. The van der Waals surface area contributed by atoms with E-state index in [2.05, 4.69) is 37.2 Å². The summed E-state index contributed by atoms with van der Waals surface area (Å²) in [7, 11) is 1.42. The Balaban J connectivity index is 2.01. The molecule has 1 saturated heterocycles. The molecule has 1 fully saturated rings. The molecule has 0 bridgehead atoms. The predicted octanol–water partition coefficient (Wildman–Crippen LogP) is 6.48. The van der Waals surface area contributed by atoms with Crippen molar-refractivity contribution < 1.29 is 22.7 Å². The number of methoxy groups -OCH3 is 1. The van der Waals surface area contributed by atoms with Gasteiger partial charge in [-0.1, -0.05) is 15.9 Å². The van der Waals surface area contributed by atoms with Gasteiger partial charge in [-0.25, -0.2) is 0 Å². The first-order valence-corrected chi connectivity index (χ1v) is 10.6. The molecule has 0 radical (unpaired) electrons. The van der Waals surface area contributed by atoms with Gasteiger partial charge in [0.25, 0.3) is 5.91 Å². The Morgan fingerprint density at radius 2 is 1.79 bits per heavy atom. The standard InChI is InChI=1S/C20H19Br2F3N2O2/c1-29-18-14(10-13(21)11-15(18)22)19(28)26-16-9-12(20(23,24)25)5-6-17(16)27-7-3-2-4-8-27/h5-6,9-11H,2-4,7-8H2,1H3,(H,26,28). The van der Waals surface area contributed by atoms with Crippen molar-refractivity contribution >= 4 is 49.1 Å². The lowest BCUT2D eigenvalue weighted by atomic mass is 10.1. The zero-order valence-electron chi connectivity index (χ0n) is 15.6. The Hall–Kier alpha value is -1.74. The maximum absolute atomic E-state index is 13.3. The summed E-state index contributed by atoms with van der Waals surface area (Å²) < 4.78 is 46.3. The topological polar surface area (TPSA) is 41.6 Å². The third-order valence-corrected chi connectivity index (χ3v) is 5.77. The van der Waals surface area contributed by atoms with Gasteiger partial charge < -0.3 is 15.0 Å². The second-order valence-electron chi connectivity index (χ2n) is 6.70. The molecular weight excluding hydrogens is 517 g/mol. The molecule has 2 aromatic carbocycles. The number of amides is 1. The number of carbonyl (C=O) groups is 1. The van der Waals surface area contributed by atoms with Crippen molar-refractivity contribution in [1.29, 1.82) is 0 Å². The molecule has 4 nitrogen and oxygen atoms in total. The first-order chi connectivity index (χ1) is 13.7. The number of ether oxygens (including phenoxy) is 1. The van der Waals surface area contributed by atoms with E-state index in [1.165, 1.54) is 13.2 Å². The molecule has 3 rings (SSSR count). The van der Waals surface area contributed by atoms with Gasteiger partial charge in [-0.3, -0.25) is 4.79 Å². The first-order valence-electron chi connectivity index (χ1n) is 9.01. The minimum absolute atomic E-state index is 0.130. The third kappa shape index (κ3) is 5.06. The second-order valence-corrected chi connectivity index (χ2v) is 8.47. The molecule has 0 aliphatic carbocycles. The number of hydrogen-bond acceptors (Lipinski definition) is 3. The van der Waals surface area contributed by atoms with Crippen molar-refractivity contribution in [2.45, 2.75) is 25.4 Å². The Bertz CT molecular complexity index is 913. The van der Waals surface area contributed by atoms with Crippen LogP contribution in [0.25, 0.3) is 0 Å². The number of alkyl halides is 3. The summed E-state index contributed by atoms with van der Waals surface area (Å²) in [6.07, 6.45) is -1.50. The Labute approximate surface area is 183 Å². The number of rotatable bonds is 4. The summed E-state index contributed by atoms with van der Waals surface area (Å²) in [4.78, 5) is 15.0. The summed E-state index contributed by atoms with van der Waals surface area (Å²) in [6, 6.07) is 6.75. The molecule has 2 aromatic rings. The molecule has 1 heterocycles. The molecule has 1 aliphatic rings. The van der Waals surface area contributed by atoms with Gasteiger partial charge >= 0.3 is 6.18 Å². The molecule has 29 heavy (non-hydrogen) atoms. The van der Waals surface area contributed by atoms with Crippen molar-refractivity contribution in [3.8, 4) is 5.75 Å². The van der Waals surface area contributed by atoms with E-state index in [0.29, 0.717) is 20.4 Å². The number of piperidine rings is 1. The summed E-state index contributed by atoms with van der Waals surface area (Å²) >= 11 is 6.66. The molecule has 0 atom stereocenters. The van der Waals surface area contributed by atoms with Crippen molar-refractivity contribution in [3.63, 3.8) is 0 Å². The lowest BCUT2D eigenvalue weighted by molar-refractivity contribution is -0.137. The summed E-state index contributed by atoms with van der Waals surface area (Å²) in [5.74, 6) is -0.251. The normalized spacial score (nSPS) is 14.6. The fourth-order valence-electron chi connectivity index (χ4n) is 3.35. The lowest BCUT2D eigenvalue weighted by Crippen LogP contribution is -2.30. The minimum Gasteiger partial charge on any atom is -0.495 e. The van der Waals surface area contributed by atoms with Crippen LogP contribution in [0.15, 0.2) is 39.3 Å². The van der Waals surface area contributed by atoms with Gasteiger partial charge in [-0.15, -0.1) is 0 Å². The Kier molecular flexibility index (Phi) is 6.78. The van der Waals surface area contributed by atoms with Crippen molar-refractivity contribution in [2.24, 2.45) is 0 Å². The van der Waals surface area contributed by atoms with Crippen LogP contribution in [0, 0.1) is 0 Å². The molecule has 156 valence electrons. The van der Waals surface area contributed by atoms with E-state index in [4.69, 9.17) is 4.74 Å². The lowest BCUT2D eigenvalue weighted by Gasteiger charge is -2.31. The van der Waals surface area contributed by atoms with Crippen LogP contribution in [0.3, 0.4) is 0 Å². The molecular formula is C20H19Br2F3N2O2. The van der Waals surface area contributed by atoms with E-state index in [1.807, 2.05) is 4.90 Å². The predicted molar refractivity (Wildman–Crippen MR) is 114 cm³/mol. The van der Waals surface area contributed by atoms with Crippen LogP contribution in [-0.2, 0) is 6.18 Å². The Morgan fingerprint density at radius 1 is 1.10 bits per heavy atom. The summed E-state index contributed by atoms with van der Waals surface area (Å²) in [5, 5.41) is 2.66. The highest BCUT2D eigenvalue weighted by molar-refractivity contribution is 9.11. The zero-order chi connectivity index (χ0) is 21.2. The van der Waals surface area contributed by atoms with Crippen LogP contribution >= 0.6 is 31.9 Å². The average Bonchev–Trinajstić information content (AvgIpc) is 2.67. The van der Waals surface area contributed by atoms with Crippen molar-refractivity contribution in [3.05, 3.63) is 50.4 Å². The first kappa shape index (κ1) is 22.0. The molecule has 0 unspecified atom stereocenters. The number of hydrogen-bond donors (Lipinski definition) is 1. The van der Waals surface area contributed by atoms with E-state index in [-0.39, 0.29) is 11.3 Å². The summed E-state index contributed by atoms with van der Waals surface area (Å²) in [6.45, 7) is 1.47. The maximum Gasteiger partial charge on any atom is 0.416 e. The fourth-order valence-corrected chi connectivity index (χ4v) is 4.74. The van der Waals surface area contributed by atoms with E-state index in [9.17, 15) is 18.0 Å². The average molecular weight is 536 g/mol. The van der Waals surface area contributed by atoms with E-state index < -0.39 is 17.6 Å². The summed E-state index contributed by atoms with van der Waals surface area (Å²) in [5.41, 5.74) is 0.107. The minimum atomic E-state index is -4.50.